The Labute approximate surface area is 76.6 Å². The smallest absolute Gasteiger partial charge is 0.112 e. The fourth-order valence-corrected chi connectivity index (χ4v) is 1.27. The van der Waals surface area contributed by atoms with E-state index in [0.29, 0.717) is 5.69 Å². The van der Waals surface area contributed by atoms with Crippen molar-refractivity contribution in [3.8, 4) is 0 Å². The molecule has 0 unspecified atom stereocenters. The molecule has 1 aromatic carbocycles. The van der Waals surface area contributed by atoms with Crippen molar-refractivity contribution in [1.82, 2.24) is 9.97 Å². The van der Waals surface area contributed by atoms with Crippen molar-refractivity contribution in [1.29, 1.82) is 0 Å². The number of nitrogens with two attached hydrogens (primary N) is 1. The van der Waals surface area contributed by atoms with Crippen LogP contribution in [0.15, 0.2) is 18.2 Å². The van der Waals surface area contributed by atoms with Crippen LogP contribution >= 0.6 is 0 Å². The fraction of sp³-hybridized carbons (Fsp3) is 0.200. The van der Waals surface area contributed by atoms with E-state index in [2.05, 4.69) is 9.97 Å². The van der Waals surface area contributed by atoms with Crippen LogP contribution in [0.2, 0.25) is 0 Å². The number of nitrogens with zero attached hydrogens (tertiary/aromatic N) is 2. The predicted molar refractivity (Wildman–Crippen MR) is 53.4 cm³/mol. The molecule has 1 aromatic heterocycles. The van der Waals surface area contributed by atoms with Gasteiger partial charge in [-0.2, -0.15) is 0 Å². The van der Waals surface area contributed by atoms with Crippen LogP contribution in [0.3, 0.4) is 0 Å². The van der Waals surface area contributed by atoms with Crippen molar-refractivity contribution in [3.63, 3.8) is 0 Å². The van der Waals surface area contributed by atoms with Gasteiger partial charge >= 0.3 is 0 Å². The minimum absolute atomic E-state index is 0.688. The van der Waals surface area contributed by atoms with E-state index in [-0.39, 0.29) is 0 Å². The monoisotopic (exact) mass is 173 g/mol. The molecule has 0 bridgehead atoms. The Bertz CT molecular complexity index is 463. The summed E-state index contributed by atoms with van der Waals surface area (Å²) in [6.45, 7) is 3.89. The Hall–Kier alpha value is -1.64. The van der Waals surface area contributed by atoms with Crippen LogP contribution < -0.4 is 5.73 Å². The summed E-state index contributed by atoms with van der Waals surface area (Å²) in [6, 6.07) is 5.65. The topological polar surface area (TPSA) is 51.8 Å². The van der Waals surface area contributed by atoms with Crippen molar-refractivity contribution in [2.45, 2.75) is 13.8 Å². The van der Waals surface area contributed by atoms with Crippen LogP contribution in [-0.2, 0) is 0 Å². The number of hydrogen-bond donors (Lipinski definition) is 1. The van der Waals surface area contributed by atoms with Crippen LogP contribution in [-0.4, -0.2) is 9.97 Å². The maximum Gasteiger partial charge on any atom is 0.112 e. The van der Waals surface area contributed by atoms with E-state index in [4.69, 9.17) is 5.73 Å². The van der Waals surface area contributed by atoms with Crippen LogP contribution in [0.1, 0.15) is 11.4 Å². The molecule has 3 heteroatoms. The summed E-state index contributed by atoms with van der Waals surface area (Å²) in [5.41, 5.74) is 10.0. The highest BCUT2D eigenvalue weighted by Crippen LogP contribution is 2.17. The number of anilines is 1. The van der Waals surface area contributed by atoms with Gasteiger partial charge in [0.1, 0.15) is 5.52 Å². The molecule has 3 nitrogen and oxygen atoms in total. The van der Waals surface area contributed by atoms with Crippen molar-refractivity contribution in [2.24, 2.45) is 0 Å². The summed E-state index contributed by atoms with van der Waals surface area (Å²) in [4.78, 5) is 8.78. The zero-order valence-electron chi connectivity index (χ0n) is 7.70. The lowest BCUT2D eigenvalue weighted by molar-refractivity contribution is 1.10. The Morgan fingerprint density at radius 3 is 2.54 bits per heavy atom. The first-order valence-corrected chi connectivity index (χ1v) is 4.18. The molecule has 2 rings (SSSR count). The first-order chi connectivity index (χ1) is 6.18. The molecule has 0 spiro atoms. The van der Waals surface area contributed by atoms with E-state index in [0.717, 1.165) is 22.4 Å². The number of aryl methyl sites for hydroxylation is 2. The maximum atomic E-state index is 5.77. The zero-order chi connectivity index (χ0) is 9.42. The summed E-state index contributed by atoms with van der Waals surface area (Å²) in [7, 11) is 0. The van der Waals surface area contributed by atoms with Gasteiger partial charge < -0.3 is 5.73 Å². The molecular formula is C10H11N3. The van der Waals surface area contributed by atoms with Gasteiger partial charge in [-0.3, -0.25) is 0 Å². The average Bonchev–Trinajstić information content (AvgIpc) is 2.09. The Balaban J connectivity index is 2.89. The highest BCUT2D eigenvalue weighted by molar-refractivity contribution is 5.86. The van der Waals surface area contributed by atoms with Crippen molar-refractivity contribution in [3.05, 3.63) is 29.6 Å². The largest absolute Gasteiger partial charge is 0.397 e. The highest BCUT2D eigenvalue weighted by atomic mass is 14.8. The lowest BCUT2D eigenvalue weighted by atomic mass is 10.2. The number of para-hydroxylation sites is 1. The summed E-state index contributed by atoms with van der Waals surface area (Å²) in [5.74, 6) is 0. The van der Waals surface area contributed by atoms with Gasteiger partial charge in [-0.1, -0.05) is 6.07 Å². The first kappa shape index (κ1) is 7.98. The maximum absolute atomic E-state index is 5.77. The summed E-state index contributed by atoms with van der Waals surface area (Å²) in [5, 5.41) is 0. The Morgan fingerprint density at radius 1 is 1.08 bits per heavy atom. The van der Waals surface area contributed by atoms with Crippen molar-refractivity contribution < 1.29 is 0 Å². The molecule has 0 aliphatic carbocycles. The second-order valence-electron chi connectivity index (χ2n) is 3.11. The minimum Gasteiger partial charge on any atom is -0.397 e. The molecule has 0 saturated heterocycles. The van der Waals surface area contributed by atoms with E-state index in [1.807, 2.05) is 32.0 Å². The van der Waals surface area contributed by atoms with Crippen LogP contribution in [0.4, 0.5) is 5.69 Å². The third-order valence-electron chi connectivity index (χ3n) is 2.14. The van der Waals surface area contributed by atoms with Crippen LogP contribution in [0.25, 0.3) is 11.0 Å². The van der Waals surface area contributed by atoms with E-state index in [9.17, 15) is 0 Å². The normalized spacial score (nSPS) is 10.6. The molecule has 13 heavy (non-hydrogen) atoms. The van der Waals surface area contributed by atoms with Gasteiger partial charge in [-0.25, -0.2) is 9.97 Å². The van der Waals surface area contributed by atoms with E-state index in [1.165, 1.54) is 0 Å². The molecule has 2 aromatic rings. The van der Waals surface area contributed by atoms with Gasteiger partial charge in [0.15, 0.2) is 0 Å². The average molecular weight is 173 g/mol. The number of rotatable bonds is 0. The van der Waals surface area contributed by atoms with Crippen LogP contribution in [0.5, 0.6) is 0 Å². The second-order valence-corrected chi connectivity index (χ2v) is 3.11. The lowest BCUT2D eigenvalue weighted by Gasteiger charge is -2.03. The molecule has 0 amide bonds. The fourth-order valence-electron chi connectivity index (χ4n) is 1.27. The van der Waals surface area contributed by atoms with Gasteiger partial charge in [0.25, 0.3) is 0 Å². The van der Waals surface area contributed by atoms with Crippen molar-refractivity contribution >= 4 is 16.7 Å². The third kappa shape index (κ3) is 1.22. The van der Waals surface area contributed by atoms with Crippen molar-refractivity contribution in [2.75, 3.05) is 5.73 Å². The van der Waals surface area contributed by atoms with E-state index >= 15 is 0 Å². The number of nitrogen functional groups attached to an aromatic ring is 1. The second kappa shape index (κ2) is 2.69. The van der Waals surface area contributed by atoms with Gasteiger partial charge in [-0.05, 0) is 26.0 Å². The minimum atomic E-state index is 0.688. The lowest BCUT2D eigenvalue weighted by Crippen LogP contribution is -1.96. The first-order valence-electron chi connectivity index (χ1n) is 4.18. The molecule has 1 heterocycles. The number of benzene rings is 1. The standard InChI is InChI=1S/C10H11N3/c1-6-7(2)13-10-8(11)4-3-5-9(10)12-6/h3-5H,11H2,1-2H3. The number of fused-ring (bicyclic) bond motifs is 1. The van der Waals surface area contributed by atoms with E-state index in [1.54, 1.807) is 0 Å². The quantitative estimate of drug-likeness (QED) is 0.618. The highest BCUT2D eigenvalue weighted by Gasteiger charge is 2.02. The molecular weight excluding hydrogens is 162 g/mol. The van der Waals surface area contributed by atoms with Gasteiger partial charge in [-0.15, -0.1) is 0 Å². The molecule has 0 aliphatic heterocycles. The molecule has 66 valence electrons. The Kier molecular flexibility index (Phi) is 1.65. The third-order valence-corrected chi connectivity index (χ3v) is 2.14. The predicted octanol–water partition coefficient (Wildman–Crippen LogP) is 1.83. The molecule has 0 radical (unpaired) electrons. The number of hydrogen-bond acceptors (Lipinski definition) is 3. The molecule has 0 saturated carbocycles. The summed E-state index contributed by atoms with van der Waals surface area (Å²) in [6.07, 6.45) is 0. The summed E-state index contributed by atoms with van der Waals surface area (Å²) >= 11 is 0. The molecule has 0 aliphatic rings. The summed E-state index contributed by atoms with van der Waals surface area (Å²) < 4.78 is 0. The van der Waals surface area contributed by atoms with Crippen LogP contribution in [0, 0.1) is 13.8 Å². The Morgan fingerprint density at radius 2 is 1.77 bits per heavy atom. The SMILES string of the molecule is Cc1nc2cccc(N)c2nc1C. The molecule has 0 atom stereocenters. The van der Waals surface area contributed by atoms with Gasteiger partial charge in [0.2, 0.25) is 0 Å². The number of aromatic nitrogens is 2. The zero-order valence-corrected chi connectivity index (χ0v) is 7.70. The molecule has 0 fully saturated rings. The van der Waals surface area contributed by atoms with Gasteiger partial charge in [0, 0.05) is 0 Å². The molecule has 2 N–H and O–H groups in total. The van der Waals surface area contributed by atoms with E-state index < -0.39 is 0 Å². The van der Waals surface area contributed by atoms with Gasteiger partial charge in [0.05, 0.1) is 22.6 Å².